The van der Waals surface area contributed by atoms with Crippen LogP contribution in [0.15, 0.2) is 32.6 Å². The van der Waals surface area contributed by atoms with E-state index in [4.69, 9.17) is 4.74 Å². The molecular weight excluding hydrogens is 346 g/mol. The maximum atomic E-state index is 12.1. The Hall–Kier alpha value is -1.54. The average Bonchev–Trinajstić information content (AvgIpc) is 2.76. The highest BCUT2D eigenvalue weighted by molar-refractivity contribution is 9.10. The summed E-state index contributed by atoms with van der Waals surface area (Å²) >= 11 is 4.55. The summed E-state index contributed by atoms with van der Waals surface area (Å²) in [7, 11) is 3.16. The minimum absolute atomic E-state index is 0.0474. The number of nitrogens with one attached hydrogen (secondary N) is 1. The van der Waals surface area contributed by atoms with Crippen molar-refractivity contribution in [3.63, 3.8) is 0 Å². The summed E-state index contributed by atoms with van der Waals surface area (Å²) in [6.45, 7) is 0. The number of ketones is 1. The van der Waals surface area contributed by atoms with Crippen LogP contribution in [0.4, 0.5) is 0 Å². The molecule has 1 N–H and O–H groups in total. The Morgan fingerprint density at radius 3 is 2.85 bits per heavy atom. The number of benzene rings is 1. The minimum atomic E-state index is -0.299. The lowest BCUT2D eigenvalue weighted by Gasteiger charge is -2.05. The first-order valence-corrected chi connectivity index (χ1v) is 7.41. The zero-order valence-corrected chi connectivity index (χ0v) is 13.2. The molecule has 0 fully saturated rings. The van der Waals surface area contributed by atoms with E-state index in [1.54, 1.807) is 32.4 Å². The second-order valence-electron chi connectivity index (χ2n) is 3.93. The number of rotatable bonds is 5. The number of H-pyrrole nitrogens is 1. The van der Waals surface area contributed by atoms with Crippen molar-refractivity contribution in [1.29, 1.82) is 0 Å². The normalized spacial score (nSPS) is 10.6. The van der Waals surface area contributed by atoms with Crippen LogP contribution in [-0.2, 0) is 7.05 Å². The van der Waals surface area contributed by atoms with Crippen molar-refractivity contribution >= 4 is 33.5 Å². The number of thioether (sulfide) groups is 1. The number of nitrogens with zero attached hydrogens (tertiary/aromatic N) is 2. The molecule has 0 amide bonds. The fourth-order valence-corrected chi connectivity index (χ4v) is 2.87. The van der Waals surface area contributed by atoms with Gasteiger partial charge in [0.05, 0.1) is 17.3 Å². The van der Waals surface area contributed by atoms with Crippen molar-refractivity contribution in [3.8, 4) is 5.75 Å². The molecule has 0 aliphatic heterocycles. The highest BCUT2D eigenvalue weighted by Crippen LogP contribution is 2.26. The van der Waals surface area contributed by atoms with Gasteiger partial charge in [0.2, 0.25) is 0 Å². The molecule has 0 aliphatic carbocycles. The summed E-state index contributed by atoms with van der Waals surface area (Å²) < 4.78 is 7.20. The smallest absolute Gasteiger partial charge is 0.343 e. The van der Waals surface area contributed by atoms with Gasteiger partial charge in [-0.1, -0.05) is 11.8 Å². The van der Waals surface area contributed by atoms with Crippen LogP contribution in [0, 0.1) is 0 Å². The number of halogens is 1. The molecule has 0 saturated carbocycles. The van der Waals surface area contributed by atoms with Crippen LogP contribution in [0.3, 0.4) is 0 Å². The third-order valence-corrected chi connectivity index (χ3v) is 4.29. The first-order valence-electron chi connectivity index (χ1n) is 5.64. The van der Waals surface area contributed by atoms with Gasteiger partial charge in [-0.25, -0.2) is 9.89 Å². The molecular formula is C12H12BrN3O3S. The van der Waals surface area contributed by atoms with Crippen LogP contribution in [0.5, 0.6) is 5.75 Å². The lowest BCUT2D eigenvalue weighted by atomic mass is 10.1. The van der Waals surface area contributed by atoms with Gasteiger partial charge in [0, 0.05) is 12.6 Å². The highest BCUT2D eigenvalue weighted by atomic mass is 79.9. The number of carbonyl (C=O) groups is 1. The van der Waals surface area contributed by atoms with Crippen molar-refractivity contribution in [2.45, 2.75) is 5.16 Å². The van der Waals surface area contributed by atoms with Gasteiger partial charge in [-0.3, -0.25) is 9.36 Å². The molecule has 8 heteroatoms. The highest BCUT2D eigenvalue weighted by Gasteiger charge is 2.12. The van der Waals surface area contributed by atoms with Crippen molar-refractivity contribution in [3.05, 3.63) is 38.7 Å². The van der Waals surface area contributed by atoms with Crippen LogP contribution < -0.4 is 10.4 Å². The minimum Gasteiger partial charge on any atom is -0.496 e. The Morgan fingerprint density at radius 2 is 2.30 bits per heavy atom. The van der Waals surface area contributed by atoms with Crippen molar-refractivity contribution in [2.24, 2.45) is 7.05 Å². The van der Waals surface area contributed by atoms with Gasteiger partial charge in [-0.05, 0) is 34.1 Å². The van der Waals surface area contributed by atoms with Crippen molar-refractivity contribution in [1.82, 2.24) is 14.8 Å². The molecule has 0 saturated heterocycles. The summed E-state index contributed by atoms with van der Waals surface area (Å²) in [6, 6.07) is 5.15. The van der Waals surface area contributed by atoms with Gasteiger partial charge in [0.1, 0.15) is 5.75 Å². The number of hydrogen-bond donors (Lipinski definition) is 1. The molecule has 1 aromatic carbocycles. The zero-order valence-electron chi connectivity index (χ0n) is 10.8. The SMILES string of the molecule is COc1ccc(C(=O)CSc2n[nH]c(=O)n2C)cc1Br. The molecule has 0 spiro atoms. The summed E-state index contributed by atoms with van der Waals surface area (Å²) in [5.74, 6) is 0.828. The monoisotopic (exact) mass is 357 g/mol. The molecule has 0 atom stereocenters. The molecule has 2 aromatic rings. The second kappa shape index (κ2) is 6.27. The summed E-state index contributed by atoms with van der Waals surface area (Å²) in [4.78, 5) is 23.3. The van der Waals surface area contributed by atoms with Gasteiger partial charge < -0.3 is 4.74 Å². The third-order valence-electron chi connectivity index (χ3n) is 2.64. The van der Waals surface area contributed by atoms with E-state index in [0.29, 0.717) is 16.5 Å². The molecule has 106 valence electrons. The lowest BCUT2D eigenvalue weighted by Crippen LogP contribution is -2.13. The third kappa shape index (κ3) is 3.13. The van der Waals surface area contributed by atoms with E-state index in [-0.39, 0.29) is 17.2 Å². The van der Waals surface area contributed by atoms with Crippen LogP contribution in [0.1, 0.15) is 10.4 Å². The number of hydrogen-bond acceptors (Lipinski definition) is 5. The molecule has 2 rings (SSSR count). The van der Waals surface area contributed by atoms with E-state index in [1.165, 1.54) is 16.3 Å². The van der Waals surface area contributed by atoms with E-state index in [9.17, 15) is 9.59 Å². The molecule has 0 bridgehead atoms. The average molecular weight is 358 g/mol. The quantitative estimate of drug-likeness (QED) is 0.652. The van der Waals surface area contributed by atoms with E-state index >= 15 is 0 Å². The van der Waals surface area contributed by atoms with Gasteiger partial charge >= 0.3 is 5.69 Å². The number of Topliss-reactive ketones (excluding diaryl/α,β-unsaturated/α-hetero) is 1. The molecule has 0 aliphatic rings. The fourth-order valence-electron chi connectivity index (χ4n) is 1.51. The standard InChI is InChI=1S/C12H12BrN3O3S/c1-16-11(18)14-15-12(16)20-6-9(17)7-3-4-10(19-2)8(13)5-7/h3-5H,6H2,1-2H3,(H,14,18). The number of aromatic amines is 1. The number of carbonyl (C=O) groups excluding carboxylic acids is 1. The Morgan fingerprint density at radius 1 is 1.55 bits per heavy atom. The number of ether oxygens (including phenoxy) is 1. The number of methoxy groups -OCH3 is 1. The van der Waals surface area contributed by atoms with E-state index in [0.717, 1.165) is 4.47 Å². The van der Waals surface area contributed by atoms with Gasteiger partial charge in [0.15, 0.2) is 10.9 Å². The van der Waals surface area contributed by atoms with Gasteiger partial charge in [0.25, 0.3) is 0 Å². The van der Waals surface area contributed by atoms with Crippen LogP contribution in [0.2, 0.25) is 0 Å². The Kier molecular flexibility index (Phi) is 4.66. The second-order valence-corrected chi connectivity index (χ2v) is 5.73. The van der Waals surface area contributed by atoms with E-state index < -0.39 is 0 Å². The van der Waals surface area contributed by atoms with Crippen molar-refractivity contribution in [2.75, 3.05) is 12.9 Å². The first kappa shape index (κ1) is 14.9. The maximum Gasteiger partial charge on any atom is 0.343 e. The molecule has 1 heterocycles. The topological polar surface area (TPSA) is 77.0 Å². The van der Waals surface area contributed by atoms with E-state index in [1.807, 2.05) is 0 Å². The lowest BCUT2D eigenvalue weighted by molar-refractivity contribution is 0.102. The fraction of sp³-hybridized carbons (Fsp3) is 0.250. The number of aromatic nitrogens is 3. The largest absolute Gasteiger partial charge is 0.496 e. The molecule has 0 unspecified atom stereocenters. The molecule has 6 nitrogen and oxygen atoms in total. The first-order chi connectivity index (χ1) is 9.52. The predicted octanol–water partition coefficient (Wildman–Crippen LogP) is 1.85. The Balaban J connectivity index is 2.07. The maximum absolute atomic E-state index is 12.1. The van der Waals surface area contributed by atoms with Crippen LogP contribution in [0.25, 0.3) is 0 Å². The predicted molar refractivity (Wildman–Crippen MR) is 79.6 cm³/mol. The van der Waals surface area contributed by atoms with Crippen molar-refractivity contribution < 1.29 is 9.53 Å². The van der Waals surface area contributed by atoms with Gasteiger partial charge in [-0.15, -0.1) is 5.10 Å². The summed E-state index contributed by atoms with van der Waals surface area (Å²) in [6.07, 6.45) is 0. The van der Waals surface area contributed by atoms with E-state index in [2.05, 4.69) is 26.1 Å². The van der Waals surface area contributed by atoms with Crippen LogP contribution in [-0.4, -0.2) is 33.4 Å². The molecule has 20 heavy (non-hydrogen) atoms. The zero-order chi connectivity index (χ0) is 14.7. The van der Waals surface area contributed by atoms with Gasteiger partial charge in [-0.2, -0.15) is 0 Å². The van der Waals surface area contributed by atoms with Crippen LogP contribution >= 0.6 is 27.7 Å². The molecule has 1 aromatic heterocycles. The summed E-state index contributed by atoms with van der Waals surface area (Å²) in [5.41, 5.74) is 0.276. The Labute approximate surface area is 127 Å². The Bertz CT molecular complexity index is 695. The molecule has 0 radical (unpaired) electrons. The summed E-state index contributed by atoms with van der Waals surface area (Å²) in [5, 5.41) is 6.64.